The molecule has 1 unspecified atom stereocenters. The van der Waals surface area contributed by atoms with E-state index < -0.39 is 0 Å². The van der Waals surface area contributed by atoms with Gasteiger partial charge in [-0.05, 0) is 12.5 Å². The second-order valence-corrected chi connectivity index (χ2v) is 1.95. The van der Waals surface area contributed by atoms with Gasteiger partial charge in [0.25, 0.3) is 0 Å². The fourth-order valence-electron chi connectivity index (χ4n) is 0.819. The summed E-state index contributed by atoms with van der Waals surface area (Å²) in [5.41, 5.74) is 1.28. The number of hydrogen-bond acceptors (Lipinski definition) is 1. The Balaban J connectivity index is 2.58. The van der Waals surface area contributed by atoms with Crippen molar-refractivity contribution in [2.24, 2.45) is 0 Å². The van der Waals surface area contributed by atoms with Crippen LogP contribution in [0.3, 0.4) is 0 Å². The standard InChI is InChI=1S/C7H10O/c1-6-4-3-5-7(6)8-2/h3-5,7H,1-2H3. The predicted molar refractivity (Wildman–Crippen MR) is 33.7 cm³/mol. The van der Waals surface area contributed by atoms with E-state index >= 15 is 0 Å². The molecule has 0 fully saturated rings. The molecule has 0 heterocycles. The van der Waals surface area contributed by atoms with Gasteiger partial charge in [0, 0.05) is 7.11 Å². The average Bonchev–Trinajstić information content (AvgIpc) is 2.14. The molecule has 1 nitrogen and oxygen atoms in total. The highest BCUT2D eigenvalue weighted by Crippen LogP contribution is 2.12. The van der Waals surface area contributed by atoms with Gasteiger partial charge in [-0.2, -0.15) is 0 Å². The van der Waals surface area contributed by atoms with E-state index in [1.54, 1.807) is 7.11 Å². The predicted octanol–water partition coefficient (Wildman–Crippen LogP) is 1.52. The van der Waals surface area contributed by atoms with Gasteiger partial charge in [0.1, 0.15) is 0 Å². The summed E-state index contributed by atoms with van der Waals surface area (Å²) >= 11 is 0. The molecule has 0 spiro atoms. The largest absolute Gasteiger partial charge is 0.373 e. The second kappa shape index (κ2) is 2.14. The highest BCUT2D eigenvalue weighted by molar-refractivity contribution is 5.27. The SMILES string of the molecule is COC1C=CC=C1C. The summed E-state index contributed by atoms with van der Waals surface area (Å²) in [7, 11) is 1.72. The molecule has 44 valence electrons. The van der Waals surface area contributed by atoms with Crippen LogP contribution in [0.4, 0.5) is 0 Å². The molecule has 8 heavy (non-hydrogen) atoms. The maximum Gasteiger partial charge on any atom is 0.0966 e. The van der Waals surface area contributed by atoms with Crippen LogP contribution in [0, 0.1) is 0 Å². The molecule has 1 rings (SSSR count). The van der Waals surface area contributed by atoms with Crippen LogP contribution < -0.4 is 0 Å². The Morgan fingerprint density at radius 2 is 2.38 bits per heavy atom. The molecule has 1 atom stereocenters. The van der Waals surface area contributed by atoms with Gasteiger partial charge < -0.3 is 4.74 Å². The van der Waals surface area contributed by atoms with Crippen LogP contribution in [0.1, 0.15) is 6.92 Å². The van der Waals surface area contributed by atoms with Gasteiger partial charge in [-0.1, -0.05) is 18.2 Å². The number of allylic oxidation sites excluding steroid dienone is 2. The molecule has 0 aromatic heterocycles. The van der Waals surface area contributed by atoms with E-state index in [2.05, 4.69) is 13.0 Å². The van der Waals surface area contributed by atoms with Gasteiger partial charge in [0.15, 0.2) is 0 Å². The first-order chi connectivity index (χ1) is 3.84. The van der Waals surface area contributed by atoms with Crippen molar-refractivity contribution in [3.63, 3.8) is 0 Å². The molecule has 0 bridgehead atoms. The topological polar surface area (TPSA) is 9.23 Å². The Kier molecular flexibility index (Phi) is 1.49. The molecule has 1 heteroatoms. The van der Waals surface area contributed by atoms with E-state index in [0.29, 0.717) is 0 Å². The number of hydrogen-bond donors (Lipinski definition) is 0. The van der Waals surface area contributed by atoms with Crippen molar-refractivity contribution in [2.75, 3.05) is 7.11 Å². The van der Waals surface area contributed by atoms with Gasteiger partial charge in [-0.25, -0.2) is 0 Å². The molecule has 0 aliphatic heterocycles. The smallest absolute Gasteiger partial charge is 0.0966 e. The Labute approximate surface area is 49.7 Å². The van der Waals surface area contributed by atoms with E-state index in [4.69, 9.17) is 4.74 Å². The van der Waals surface area contributed by atoms with E-state index in [0.717, 1.165) is 0 Å². The highest BCUT2D eigenvalue weighted by atomic mass is 16.5. The summed E-state index contributed by atoms with van der Waals surface area (Å²) in [5, 5.41) is 0. The van der Waals surface area contributed by atoms with Gasteiger partial charge in [-0.3, -0.25) is 0 Å². The maximum absolute atomic E-state index is 5.07. The molecule has 0 saturated heterocycles. The Morgan fingerprint density at radius 3 is 2.62 bits per heavy atom. The average molecular weight is 110 g/mol. The monoisotopic (exact) mass is 110 g/mol. The minimum absolute atomic E-state index is 0.245. The van der Waals surface area contributed by atoms with Gasteiger partial charge in [0.05, 0.1) is 6.10 Å². The minimum Gasteiger partial charge on any atom is -0.373 e. The zero-order valence-electron chi connectivity index (χ0n) is 5.22. The first-order valence-electron chi connectivity index (χ1n) is 2.72. The number of rotatable bonds is 1. The van der Waals surface area contributed by atoms with Gasteiger partial charge in [-0.15, -0.1) is 0 Å². The Hall–Kier alpha value is -0.560. The lowest BCUT2D eigenvalue weighted by Gasteiger charge is -2.04. The molecule has 0 amide bonds. The molecular weight excluding hydrogens is 100 g/mol. The van der Waals surface area contributed by atoms with Crippen LogP contribution in [0.2, 0.25) is 0 Å². The lowest BCUT2D eigenvalue weighted by molar-refractivity contribution is 0.170. The van der Waals surface area contributed by atoms with Crippen LogP contribution in [-0.4, -0.2) is 13.2 Å². The molecule has 1 aliphatic rings. The molecule has 0 N–H and O–H groups in total. The van der Waals surface area contributed by atoms with Crippen molar-refractivity contribution in [1.82, 2.24) is 0 Å². The van der Waals surface area contributed by atoms with E-state index in [1.807, 2.05) is 12.2 Å². The van der Waals surface area contributed by atoms with Crippen molar-refractivity contribution in [3.05, 3.63) is 23.8 Å². The first kappa shape index (κ1) is 5.57. The number of ether oxygens (including phenoxy) is 1. The van der Waals surface area contributed by atoms with Crippen molar-refractivity contribution in [1.29, 1.82) is 0 Å². The molecule has 0 aromatic rings. The summed E-state index contributed by atoms with van der Waals surface area (Å²) in [4.78, 5) is 0. The van der Waals surface area contributed by atoms with Crippen LogP contribution in [0.5, 0.6) is 0 Å². The second-order valence-electron chi connectivity index (χ2n) is 1.95. The lowest BCUT2D eigenvalue weighted by Crippen LogP contribution is -2.04. The minimum atomic E-state index is 0.245. The molecule has 0 radical (unpaired) electrons. The van der Waals surface area contributed by atoms with Crippen molar-refractivity contribution in [2.45, 2.75) is 13.0 Å². The molecular formula is C7H10O. The van der Waals surface area contributed by atoms with Crippen molar-refractivity contribution >= 4 is 0 Å². The molecule has 1 aliphatic carbocycles. The van der Waals surface area contributed by atoms with Crippen molar-refractivity contribution in [3.8, 4) is 0 Å². The van der Waals surface area contributed by atoms with Crippen LogP contribution >= 0.6 is 0 Å². The van der Waals surface area contributed by atoms with Crippen LogP contribution in [0.25, 0.3) is 0 Å². The van der Waals surface area contributed by atoms with Crippen molar-refractivity contribution < 1.29 is 4.74 Å². The van der Waals surface area contributed by atoms with Crippen LogP contribution in [-0.2, 0) is 4.74 Å². The van der Waals surface area contributed by atoms with E-state index in [1.165, 1.54) is 5.57 Å². The quantitative estimate of drug-likeness (QED) is 0.497. The first-order valence-corrected chi connectivity index (χ1v) is 2.72. The van der Waals surface area contributed by atoms with E-state index in [-0.39, 0.29) is 6.10 Å². The van der Waals surface area contributed by atoms with Gasteiger partial charge in [0.2, 0.25) is 0 Å². The maximum atomic E-state index is 5.07. The molecule has 0 saturated carbocycles. The number of methoxy groups -OCH3 is 1. The fourth-order valence-corrected chi connectivity index (χ4v) is 0.819. The summed E-state index contributed by atoms with van der Waals surface area (Å²) in [6.45, 7) is 2.06. The summed E-state index contributed by atoms with van der Waals surface area (Å²) in [6.07, 6.45) is 6.36. The zero-order chi connectivity index (χ0) is 5.98. The Morgan fingerprint density at radius 1 is 1.62 bits per heavy atom. The summed E-state index contributed by atoms with van der Waals surface area (Å²) in [6, 6.07) is 0. The third-order valence-electron chi connectivity index (χ3n) is 1.35. The highest BCUT2D eigenvalue weighted by Gasteiger charge is 2.06. The van der Waals surface area contributed by atoms with E-state index in [9.17, 15) is 0 Å². The third-order valence-corrected chi connectivity index (χ3v) is 1.35. The summed E-state index contributed by atoms with van der Waals surface area (Å²) < 4.78 is 5.07. The fraction of sp³-hybridized carbons (Fsp3) is 0.429. The zero-order valence-corrected chi connectivity index (χ0v) is 5.22. The lowest BCUT2D eigenvalue weighted by atomic mass is 10.2. The normalized spacial score (nSPS) is 26.2. The Bertz CT molecular complexity index is 133. The van der Waals surface area contributed by atoms with Crippen LogP contribution in [0.15, 0.2) is 23.8 Å². The third kappa shape index (κ3) is 0.819. The van der Waals surface area contributed by atoms with Gasteiger partial charge >= 0.3 is 0 Å². The summed E-state index contributed by atoms with van der Waals surface area (Å²) in [5.74, 6) is 0. The molecule has 0 aromatic carbocycles.